The van der Waals surface area contributed by atoms with E-state index in [1.54, 1.807) is 7.11 Å². The Morgan fingerprint density at radius 1 is 1.50 bits per heavy atom. The molecule has 0 aromatic heterocycles. The van der Waals surface area contributed by atoms with Crippen LogP contribution in [0.3, 0.4) is 0 Å². The molecule has 1 rings (SSSR count). The number of ether oxygens (including phenoxy) is 1. The molecule has 1 atom stereocenters. The molecule has 0 spiro atoms. The van der Waals surface area contributed by atoms with Gasteiger partial charge >= 0.3 is 5.97 Å². The summed E-state index contributed by atoms with van der Waals surface area (Å²) in [6.45, 7) is 3.65. The summed E-state index contributed by atoms with van der Waals surface area (Å²) in [5.74, 6) is -0.348. The van der Waals surface area contributed by atoms with E-state index in [0.29, 0.717) is 12.8 Å². The van der Waals surface area contributed by atoms with E-state index >= 15 is 0 Å². The number of benzene rings is 1. The Morgan fingerprint density at radius 2 is 2.22 bits per heavy atom. The first-order chi connectivity index (χ1) is 8.69. The fourth-order valence-corrected chi connectivity index (χ4v) is 1.96. The Labute approximate surface area is 108 Å². The van der Waals surface area contributed by atoms with Gasteiger partial charge in [0.2, 0.25) is 0 Å². The van der Waals surface area contributed by atoms with Gasteiger partial charge in [0.1, 0.15) is 5.75 Å². The molecular weight excluding hydrogens is 228 g/mol. The van der Waals surface area contributed by atoms with Gasteiger partial charge in [0.05, 0.1) is 13.0 Å². The summed E-state index contributed by atoms with van der Waals surface area (Å²) in [4.78, 5) is 11.2. The summed E-state index contributed by atoms with van der Waals surface area (Å²) in [7, 11) is 1.60. The molecule has 1 aromatic rings. The van der Waals surface area contributed by atoms with Crippen LogP contribution < -0.4 is 4.74 Å². The van der Waals surface area contributed by atoms with Crippen molar-refractivity contribution in [2.75, 3.05) is 7.11 Å². The van der Waals surface area contributed by atoms with E-state index in [-0.39, 0.29) is 5.92 Å². The molecule has 0 heterocycles. The van der Waals surface area contributed by atoms with E-state index in [9.17, 15) is 9.90 Å². The van der Waals surface area contributed by atoms with Crippen LogP contribution in [0.15, 0.2) is 36.9 Å². The molecule has 0 amide bonds. The van der Waals surface area contributed by atoms with Gasteiger partial charge in [-0.2, -0.15) is 0 Å². The summed E-state index contributed by atoms with van der Waals surface area (Å²) in [5, 5.41) is 9.23. The average Bonchev–Trinajstić information content (AvgIpc) is 2.38. The maximum absolute atomic E-state index is 11.2. The number of carboxylic acids is 1. The van der Waals surface area contributed by atoms with Gasteiger partial charge in [-0.05, 0) is 37.3 Å². The summed E-state index contributed by atoms with van der Waals surface area (Å²) in [5.41, 5.74) is 0.950. The first-order valence-corrected chi connectivity index (χ1v) is 6.14. The number of rotatable bonds is 8. The zero-order valence-corrected chi connectivity index (χ0v) is 10.8. The normalized spacial score (nSPS) is 11.8. The van der Waals surface area contributed by atoms with Crippen molar-refractivity contribution in [2.24, 2.45) is 5.92 Å². The Kier molecular flexibility index (Phi) is 5.98. The number of methoxy groups -OCH3 is 1. The van der Waals surface area contributed by atoms with Crippen molar-refractivity contribution in [1.82, 2.24) is 0 Å². The Bertz CT molecular complexity index is 398. The lowest BCUT2D eigenvalue weighted by Crippen LogP contribution is -2.16. The van der Waals surface area contributed by atoms with Crippen LogP contribution in [-0.2, 0) is 11.2 Å². The highest BCUT2D eigenvalue weighted by Gasteiger charge is 2.19. The summed E-state index contributed by atoms with van der Waals surface area (Å²) in [6, 6.07) is 7.57. The van der Waals surface area contributed by atoms with Crippen molar-refractivity contribution >= 4 is 5.97 Å². The number of aliphatic carboxylic acids is 1. The molecule has 1 N–H and O–H groups in total. The minimum atomic E-state index is -0.745. The van der Waals surface area contributed by atoms with Crippen molar-refractivity contribution in [1.29, 1.82) is 0 Å². The number of carbonyl (C=O) groups is 1. The monoisotopic (exact) mass is 248 g/mol. The number of unbranched alkanes of at least 4 members (excludes halogenated alkanes) is 1. The predicted octanol–water partition coefficient (Wildman–Crippen LogP) is 3.29. The lowest BCUT2D eigenvalue weighted by molar-refractivity contribution is -0.141. The van der Waals surface area contributed by atoms with Gasteiger partial charge < -0.3 is 9.84 Å². The molecular formula is C15H20O3. The van der Waals surface area contributed by atoms with Crippen LogP contribution in [0, 0.1) is 5.92 Å². The largest absolute Gasteiger partial charge is 0.496 e. The van der Waals surface area contributed by atoms with E-state index in [0.717, 1.165) is 24.2 Å². The minimum Gasteiger partial charge on any atom is -0.496 e. The van der Waals surface area contributed by atoms with E-state index in [1.807, 2.05) is 30.3 Å². The zero-order chi connectivity index (χ0) is 13.4. The first-order valence-electron chi connectivity index (χ1n) is 6.14. The highest BCUT2D eigenvalue weighted by molar-refractivity contribution is 5.70. The van der Waals surface area contributed by atoms with Crippen LogP contribution in [0.4, 0.5) is 0 Å². The lowest BCUT2D eigenvalue weighted by atomic mass is 9.93. The SMILES string of the molecule is C=CCCCC(Cc1ccccc1OC)C(=O)O. The third-order valence-electron chi connectivity index (χ3n) is 2.97. The maximum atomic E-state index is 11.2. The smallest absolute Gasteiger partial charge is 0.306 e. The second-order valence-corrected chi connectivity index (χ2v) is 4.27. The Hall–Kier alpha value is -1.77. The van der Waals surface area contributed by atoms with Gasteiger partial charge in [0, 0.05) is 0 Å². The number of carboxylic acid groups (broad SMARTS) is 1. The second-order valence-electron chi connectivity index (χ2n) is 4.27. The number of hydrogen-bond acceptors (Lipinski definition) is 2. The van der Waals surface area contributed by atoms with E-state index in [1.165, 1.54) is 0 Å². The van der Waals surface area contributed by atoms with Crippen LogP contribution in [0.2, 0.25) is 0 Å². The molecule has 0 bridgehead atoms. The molecule has 3 nitrogen and oxygen atoms in total. The second kappa shape index (κ2) is 7.54. The first kappa shape index (κ1) is 14.3. The topological polar surface area (TPSA) is 46.5 Å². The molecule has 0 aliphatic rings. The zero-order valence-electron chi connectivity index (χ0n) is 10.8. The molecule has 1 aromatic carbocycles. The molecule has 0 saturated heterocycles. The van der Waals surface area contributed by atoms with Crippen molar-refractivity contribution < 1.29 is 14.6 Å². The van der Waals surface area contributed by atoms with Crippen molar-refractivity contribution in [2.45, 2.75) is 25.7 Å². The van der Waals surface area contributed by atoms with Crippen LogP contribution in [-0.4, -0.2) is 18.2 Å². The fourth-order valence-electron chi connectivity index (χ4n) is 1.96. The highest BCUT2D eigenvalue weighted by atomic mass is 16.5. The third kappa shape index (κ3) is 4.24. The van der Waals surface area contributed by atoms with Gasteiger partial charge in [-0.1, -0.05) is 24.3 Å². The molecule has 0 fully saturated rings. The number of hydrogen-bond donors (Lipinski definition) is 1. The Balaban J connectivity index is 2.70. The van der Waals surface area contributed by atoms with E-state index in [4.69, 9.17) is 4.74 Å². The summed E-state index contributed by atoms with van der Waals surface area (Å²) >= 11 is 0. The van der Waals surface area contributed by atoms with Crippen LogP contribution in [0.5, 0.6) is 5.75 Å². The highest BCUT2D eigenvalue weighted by Crippen LogP contribution is 2.23. The van der Waals surface area contributed by atoms with Gasteiger partial charge in [-0.25, -0.2) is 0 Å². The number of allylic oxidation sites excluding steroid dienone is 1. The lowest BCUT2D eigenvalue weighted by Gasteiger charge is -2.14. The molecule has 98 valence electrons. The third-order valence-corrected chi connectivity index (χ3v) is 2.97. The van der Waals surface area contributed by atoms with Crippen LogP contribution in [0.1, 0.15) is 24.8 Å². The maximum Gasteiger partial charge on any atom is 0.306 e. The molecule has 1 unspecified atom stereocenters. The molecule has 0 radical (unpaired) electrons. The molecule has 18 heavy (non-hydrogen) atoms. The fraction of sp³-hybridized carbons (Fsp3) is 0.400. The predicted molar refractivity (Wildman–Crippen MR) is 71.9 cm³/mol. The van der Waals surface area contributed by atoms with Gasteiger partial charge in [-0.3, -0.25) is 4.79 Å². The molecule has 0 saturated carbocycles. The van der Waals surface area contributed by atoms with Gasteiger partial charge in [0.15, 0.2) is 0 Å². The standard InChI is InChI=1S/C15H20O3/c1-3-4-5-9-13(15(16)17)11-12-8-6-7-10-14(12)18-2/h3,6-8,10,13H,1,4-5,9,11H2,2H3,(H,16,17). The molecule has 0 aliphatic heterocycles. The molecule has 0 aliphatic carbocycles. The van der Waals surface area contributed by atoms with Gasteiger partial charge in [0.25, 0.3) is 0 Å². The van der Waals surface area contributed by atoms with Crippen molar-refractivity contribution in [3.05, 3.63) is 42.5 Å². The average molecular weight is 248 g/mol. The quantitative estimate of drug-likeness (QED) is 0.567. The van der Waals surface area contributed by atoms with E-state index in [2.05, 4.69) is 6.58 Å². The minimum absolute atomic E-state index is 0.360. The summed E-state index contributed by atoms with van der Waals surface area (Å²) < 4.78 is 5.24. The number of para-hydroxylation sites is 1. The van der Waals surface area contributed by atoms with Crippen LogP contribution >= 0.6 is 0 Å². The van der Waals surface area contributed by atoms with Crippen LogP contribution in [0.25, 0.3) is 0 Å². The van der Waals surface area contributed by atoms with Gasteiger partial charge in [-0.15, -0.1) is 6.58 Å². The van der Waals surface area contributed by atoms with Crippen molar-refractivity contribution in [3.63, 3.8) is 0 Å². The van der Waals surface area contributed by atoms with Crippen molar-refractivity contribution in [3.8, 4) is 5.75 Å². The Morgan fingerprint density at radius 3 is 2.83 bits per heavy atom. The van der Waals surface area contributed by atoms with E-state index < -0.39 is 5.97 Å². The molecule has 3 heteroatoms. The summed E-state index contributed by atoms with van der Waals surface area (Å²) in [6.07, 6.45) is 4.71.